The Bertz CT molecular complexity index is 1490. The number of rotatable bonds is 9. The van der Waals surface area contributed by atoms with Gasteiger partial charge in [0.25, 0.3) is 10.0 Å². The molecule has 0 unspecified atom stereocenters. The number of hydrogen-bond acceptors (Lipinski definition) is 4. The van der Waals surface area contributed by atoms with Gasteiger partial charge in [-0.3, -0.25) is 13.9 Å². The third-order valence-corrected chi connectivity index (χ3v) is 8.00. The van der Waals surface area contributed by atoms with Gasteiger partial charge in [-0.2, -0.15) is 13.2 Å². The van der Waals surface area contributed by atoms with Gasteiger partial charge >= 0.3 is 6.18 Å². The maximum atomic E-state index is 13.9. The van der Waals surface area contributed by atoms with E-state index in [1.165, 1.54) is 42.2 Å². The summed E-state index contributed by atoms with van der Waals surface area (Å²) in [6, 6.07) is 16.3. The van der Waals surface area contributed by atoms with Gasteiger partial charge in [-0.05, 0) is 75.7 Å². The molecule has 3 aromatic carbocycles. The average molecular weight is 610 g/mol. The number of benzene rings is 3. The summed E-state index contributed by atoms with van der Waals surface area (Å²) in [6.45, 7) is 5.81. The van der Waals surface area contributed by atoms with Crippen LogP contribution in [0.15, 0.2) is 83.8 Å². The molecule has 0 aliphatic heterocycles. The summed E-state index contributed by atoms with van der Waals surface area (Å²) < 4.78 is 68.7. The van der Waals surface area contributed by atoms with Crippen LogP contribution in [0.4, 0.5) is 18.9 Å². The second-order valence-corrected chi connectivity index (χ2v) is 12.7. The molecule has 1 N–H and O–H groups in total. The van der Waals surface area contributed by atoms with Crippen molar-refractivity contribution < 1.29 is 31.2 Å². The van der Waals surface area contributed by atoms with Gasteiger partial charge < -0.3 is 10.2 Å². The zero-order chi connectivity index (χ0) is 30.6. The molecule has 0 fully saturated rings. The maximum absolute atomic E-state index is 13.9. The molecule has 0 saturated carbocycles. The van der Waals surface area contributed by atoms with Gasteiger partial charge in [0.1, 0.15) is 12.6 Å². The van der Waals surface area contributed by atoms with E-state index in [0.29, 0.717) is 21.0 Å². The van der Waals surface area contributed by atoms with Crippen LogP contribution in [-0.4, -0.2) is 43.3 Å². The first-order valence-electron chi connectivity index (χ1n) is 12.6. The van der Waals surface area contributed by atoms with Crippen molar-refractivity contribution >= 4 is 39.1 Å². The van der Waals surface area contributed by atoms with Gasteiger partial charge in [0.05, 0.1) is 16.1 Å². The molecule has 0 saturated heterocycles. The number of nitrogens with zero attached hydrogens (tertiary/aromatic N) is 2. The Morgan fingerprint density at radius 2 is 1.56 bits per heavy atom. The predicted molar refractivity (Wildman–Crippen MR) is 152 cm³/mol. The molecule has 0 radical (unpaired) electrons. The molecule has 3 rings (SSSR count). The Balaban J connectivity index is 2.09. The van der Waals surface area contributed by atoms with Gasteiger partial charge in [0, 0.05) is 17.1 Å². The minimum atomic E-state index is -4.75. The number of carbonyl (C=O) groups excluding carboxylic acids is 2. The van der Waals surface area contributed by atoms with E-state index in [1.807, 2.05) is 0 Å². The summed E-state index contributed by atoms with van der Waals surface area (Å²) in [7, 11) is -4.50. The van der Waals surface area contributed by atoms with Crippen molar-refractivity contribution in [3.63, 3.8) is 0 Å². The second-order valence-electron chi connectivity index (χ2n) is 10.4. The van der Waals surface area contributed by atoms with Crippen LogP contribution >= 0.6 is 11.6 Å². The van der Waals surface area contributed by atoms with Crippen molar-refractivity contribution in [2.45, 2.75) is 56.9 Å². The number of halogens is 4. The average Bonchev–Trinajstić information content (AvgIpc) is 2.89. The monoisotopic (exact) mass is 609 g/mol. The zero-order valence-corrected chi connectivity index (χ0v) is 24.5. The molecule has 0 aromatic heterocycles. The van der Waals surface area contributed by atoms with Crippen molar-refractivity contribution in [1.29, 1.82) is 0 Å². The summed E-state index contributed by atoms with van der Waals surface area (Å²) in [5.41, 5.74) is -1.50. The van der Waals surface area contributed by atoms with Crippen molar-refractivity contribution in [2.24, 2.45) is 0 Å². The summed E-state index contributed by atoms with van der Waals surface area (Å²) in [4.78, 5) is 27.9. The number of anilines is 1. The van der Waals surface area contributed by atoms with E-state index < -0.39 is 51.7 Å². The van der Waals surface area contributed by atoms with Crippen molar-refractivity contribution in [3.05, 3.63) is 95.0 Å². The number of hydrogen-bond donors (Lipinski definition) is 1. The van der Waals surface area contributed by atoms with Gasteiger partial charge in [0.2, 0.25) is 11.8 Å². The Morgan fingerprint density at radius 1 is 0.927 bits per heavy atom. The highest BCUT2D eigenvalue weighted by molar-refractivity contribution is 7.92. The van der Waals surface area contributed by atoms with E-state index in [9.17, 15) is 31.2 Å². The van der Waals surface area contributed by atoms with Gasteiger partial charge in [-0.25, -0.2) is 8.42 Å². The van der Waals surface area contributed by atoms with Crippen LogP contribution < -0.4 is 9.62 Å². The van der Waals surface area contributed by atoms with Gasteiger partial charge in [-0.15, -0.1) is 0 Å². The van der Waals surface area contributed by atoms with Crippen LogP contribution in [0.3, 0.4) is 0 Å². The summed E-state index contributed by atoms with van der Waals surface area (Å²) >= 11 is 6.12. The second kappa shape index (κ2) is 12.5. The minimum Gasteiger partial charge on any atom is -0.350 e. The van der Waals surface area contributed by atoms with E-state index >= 15 is 0 Å². The van der Waals surface area contributed by atoms with E-state index in [2.05, 4.69) is 5.32 Å². The van der Waals surface area contributed by atoms with Crippen LogP contribution in [0.2, 0.25) is 5.02 Å². The molecule has 0 bridgehead atoms. The first kappa shape index (κ1) is 32.0. The van der Waals surface area contributed by atoms with E-state index in [-0.39, 0.29) is 17.1 Å². The summed E-state index contributed by atoms with van der Waals surface area (Å²) in [5, 5.41) is 3.19. The Kier molecular flexibility index (Phi) is 9.76. The number of carbonyl (C=O) groups is 2. The van der Waals surface area contributed by atoms with Gasteiger partial charge in [-0.1, -0.05) is 48.0 Å². The van der Waals surface area contributed by atoms with E-state index in [4.69, 9.17) is 11.6 Å². The van der Waals surface area contributed by atoms with Crippen LogP contribution in [0.25, 0.3) is 0 Å². The van der Waals surface area contributed by atoms with Gasteiger partial charge in [0.15, 0.2) is 0 Å². The fourth-order valence-corrected chi connectivity index (χ4v) is 5.61. The topological polar surface area (TPSA) is 86.8 Å². The first-order chi connectivity index (χ1) is 19.0. The lowest BCUT2D eigenvalue weighted by molar-refractivity contribution is -0.140. The minimum absolute atomic E-state index is 0.111. The molecule has 2 amide bonds. The molecular formula is C29H31ClF3N3O4S. The fraction of sp³-hybridized carbons (Fsp3) is 0.310. The lowest BCUT2D eigenvalue weighted by Gasteiger charge is -2.33. The van der Waals surface area contributed by atoms with Crippen LogP contribution in [-0.2, 0) is 32.3 Å². The molecule has 1 atom stereocenters. The number of nitrogens with one attached hydrogen (secondary N) is 1. The highest BCUT2D eigenvalue weighted by Crippen LogP contribution is 2.33. The SMILES string of the molecule is C[C@@H](C(=O)NC(C)(C)C)N(Cc1cccc(Cl)c1)C(=O)CN(c1cccc(C(F)(F)F)c1)S(=O)(=O)c1ccccc1. The van der Waals surface area contributed by atoms with Crippen LogP contribution in [0.5, 0.6) is 0 Å². The Hall–Kier alpha value is -3.57. The predicted octanol–water partition coefficient (Wildman–Crippen LogP) is 5.89. The Labute approximate surface area is 243 Å². The van der Waals surface area contributed by atoms with Crippen molar-refractivity contribution in [2.75, 3.05) is 10.8 Å². The normalized spacial score (nSPS) is 12.9. The lowest BCUT2D eigenvalue weighted by Crippen LogP contribution is -2.54. The number of sulfonamides is 1. The molecule has 3 aromatic rings. The first-order valence-corrected chi connectivity index (χ1v) is 14.4. The standard InChI is InChI=1S/C29H31ClF3N3O4S/c1-20(27(38)34-28(2,3)4)35(18-21-10-8-12-23(30)16-21)26(37)19-36(41(39,40)25-14-6-5-7-15-25)24-13-9-11-22(17-24)29(31,32)33/h5-17,20H,18-19H2,1-4H3,(H,34,38)/t20-/m0/s1. The van der Waals surface area contributed by atoms with E-state index in [1.54, 1.807) is 51.1 Å². The zero-order valence-electron chi connectivity index (χ0n) is 22.9. The molecule has 0 heterocycles. The highest BCUT2D eigenvalue weighted by atomic mass is 35.5. The maximum Gasteiger partial charge on any atom is 0.416 e. The largest absolute Gasteiger partial charge is 0.416 e. The number of alkyl halides is 3. The van der Waals surface area contributed by atoms with Crippen molar-refractivity contribution in [1.82, 2.24) is 10.2 Å². The molecule has 0 aliphatic carbocycles. The molecule has 7 nitrogen and oxygen atoms in total. The van der Waals surface area contributed by atoms with Crippen molar-refractivity contribution in [3.8, 4) is 0 Å². The van der Waals surface area contributed by atoms with Crippen LogP contribution in [0, 0.1) is 0 Å². The molecule has 0 spiro atoms. The highest BCUT2D eigenvalue weighted by Gasteiger charge is 2.35. The molecular weight excluding hydrogens is 579 g/mol. The summed E-state index contributed by atoms with van der Waals surface area (Å²) in [5.74, 6) is -1.30. The lowest BCUT2D eigenvalue weighted by atomic mass is 10.1. The molecule has 12 heteroatoms. The quantitative estimate of drug-likeness (QED) is 0.328. The molecule has 41 heavy (non-hydrogen) atoms. The molecule has 0 aliphatic rings. The smallest absolute Gasteiger partial charge is 0.350 e. The van der Waals surface area contributed by atoms with Crippen LogP contribution in [0.1, 0.15) is 38.8 Å². The third kappa shape index (κ3) is 8.46. The Morgan fingerprint density at radius 3 is 2.15 bits per heavy atom. The fourth-order valence-electron chi connectivity index (χ4n) is 3.97. The van der Waals surface area contributed by atoms with E-state index in [0.717, 1.165) is 12.1 Å². The summed E-state index contributed by atoms with van der Waals surface area (Å²) in [6.07, 6.45) is -4.75. The number of amides is 2. The third-order valence-electron chi connectivity index (χ3n) is 5.98. The molecule has 220 valence electrons.